The second-order valence-corrected chi connectivity index (χ2v) is 7.82. The highest BCUT2D eigenvalue weighted by molar-refractivity contribution is 5.79. The number of nitrogens with one attached hydrogen (secondary N) is 1. The van der Waals surface area contributed by atoms with Gasteiger partial charge in [0.1, 0.15) is 5.76 Å². The number of aliphatic hydroxyl groups is 1. The summed E-state index contributed by atoms with van der Waals surface area (Å²) in [5, 5.41) is 15.1. The molecule has 1 heterocycles. The van der Waals surface area contributed by atoms with Gasteiger partial charge in [-0.15, -0.1) is 0 Å². The van der Waals surface area contributed by atoms with Gasteiger partial charge in [0.05, 0.1) is 12.9 Å². The van der Waals surface area contributed by atoms with Crippen molar-refractivity contribution in [3.05, 3.63) is 64.4 Å². The number of hydrogen-bond acceptors (Lipinski definition) is 3. The summed E-state index contributed by atoms with van der Waals surface area (Å²) in [6.07, 6.45) is 16.3. The van der Waals surface area contributed by atoms with Gasteiger partial charge in [0, 0.05) is 53.5 Å². The van der Waals surface area contributed by atoms with E-state index in [0.717, 1.165) is 53.1 Å². The quantitative estimate of drug-likeness (QED) is 0.426. The minimum absolute atomic E-state index is 0.0990. The molecule has 0 aromatic carbocycles. The predicted octanol–water partition coefficient (Wildman–Crippen LogP) is 4.62. The van der Waals surface area contributed by atoms with Crippen LogP contribution in [0.15, 0.2) is 48.2 Å². The smallest absolute Gasteiger partial charge is 0.221 e. The standard InChI is InChI=1S/C26H36N2O3/c1-7-10-20(27-19(5)29)15-24-25(17-28(21-12-13-21)26(24)9-3)18(4)14-23(31-6)16-22(30)11-8-2/h9-10,14-17,21,30H,4,7-8,11-13H2,1-3,5-6H3,(H,27,29)/b20-10-,22-16+,23-14+,24-15-,26-9+. The molecule has 0 saturated heterocycles. The Morgan fingerprint density at radius 1 is 1.35 bits per heavy atom. The van der Waals surface area contributed by atoms with Crippen LogP contribution >= 0.6 is 0 Å². The number of ether oxygens (including phenoxy) is 1. The number of rotatable bonds is 10. The highest BCUT2D eigenvalue weighted by atomic mass is 16.5. The van der Waals surface area contributed by atoms with E-state index in [0.29, 0.717) is 18.2 Å². The Morgan fingerprint density at radius 3 is 2.58 bits per heavy atom. The molecule has 1 aliphatic rings. The summed E-state index contributed by atoms with van der Waals surface area (Å²) < 4.78 is 7.77. The third-order valence-electron chi connectivity index (χ3n) is 5.08. The number of allylic oxidation sites excluding steroid dienone is 6. The van der Waals surface area contributed by atoms with E-state index in [1.54, 1.807) is 13.2 Å². The lowest BCUT2D eigenvalue weighted by molar-refractivity contribution is -0.118. The first-order chi connectivity index (χ1) is 14.8. The van der Waals surface area contributed by atoms with Crippen LogP contribution in [0.1, 0.15) is 71.4 Å². The van der Waals surface area contributed by atoms with E-state index >= 15 is 0 Å². The molecule has 0 spiro atoms. The number of methoxy groups -OCH3 is 1. The van der Waals surface area contributed by atoms with Gasteiger partial charge in [-0.25, -0.2) is 0 Å². The molecule has 5 heteroatoms. The Hall–Kier alpha value is -2.95. The van der Waals surface area contributed by atoms with Gasteiger partial charge < -0.3 is 19.7 Å². The Bertz CT molecular complexity index is 1020. The van der Waals surface area contributed by atoms with Crippen molar-refractivity contribution in [2.45, 2.75) is 65.8 Å². The third kappa shape index (κ3) is 6.78. The van der Waals surface area contributed by atoms with Crippen molar-refractivity contribution < 1.29 is 14.6 Å². The van der Waals surface area contributed by atoms with Crippen molar-refractivity contribution in [2.75, 3.05) is 7.11 Å². The van der Waals surface area contributed by atoms with E-state index in [9.17, 15) is 9.90 Å². The predicted molar refractivity (Wildman–Crippen MR) is 128 cm³/mol. The molecule has 31 heavy (non-hydrogen) atoms. The summed E-state index contributed by atoms with van der Waals surface area (Å²) in [5.41, 5.74) is 2.53. The van der Waals surface area contributed by atoms with Crippen LogP contribution in [0.2, 0.25) is 0 Å². The molecule has 1 saturated carbocycles. The zero-order valence-corrected chi connectivity index (χ0v) is 19.5. The van der Waals surface area contributed by atoms with Crippen LogP contribution in [0.25, 0.3) is 17.7 Å². The third-order valence-corrected chi connectivity index (χ3v) is 5.08. The normalized spacial score (nSPS) is 16.6. The molecular weight excluding hydrogens is 388 g/mol. The van der Waals surface area contributed by atoms with E-state index in [-0.39, 0.29) is 11.7 Å². The number of carbonyl (C=O) groups is 1. The largest absolute Gasteiger partial charge is 0.512 e. The van der Waals surface area contributed by atoms with Crippen LogP contribution in [0.5, 0.6) is 0 Å². The summed E-state index contributed by atoms with van der Waals surface area (Å²) >= 11 is 0. The maximum Gasteiger partial charge on any atom is 0.221 e. The van der Waals surface area contributed by atoms with Crippen molar-refractivity contribution in [3.63, 3.8) is 0 Å². The van der Waals surface area contributed by atoms with Crippen LogP contribution in [0, 0.1) is 0 Å². The van der Waals surface area contributed by atoms with Crippen molar-refractivity contribution in [1.29, 1.82) is 0 Å². The number of nitrogens with zero attached hydrogens (tertiary/aromatic N) is 1. The molecule has 1 aromatic rings. The number of amides is 1. The maximum atomic E-state index is 11.7. The van der Waals surface area contributed by atoms with Gasteiger partial charge in [-0.2, -0.15) is 0 Å². The SMILES string of the molecule is C=C(/C=C(\C=C(\O)CCC)OC)c1cn(C2CC2)c(=C/C)/c1=C\C(=C\CC)NC(C)=O. The first kappa shape index (κ1) is 24.3. The number of hydrogen-bond donors (Lipinski definition) is 2. The van der Waals surface area contributed by atoms with E-state index < -0.39 is 0 Å². The number of aromatic nitrogens is 1. The van der Waals surface area contributed by atoms with Crippen LogP contribution in [0.3, 0.4) is 0 Å². The monoisotopic (exact) mass is 424 g/mol. The summed E-state index contributed by atoms with van der Waals surface area (Å²) in [5.74, 6) is 0.736. The van der Waals surface area contributed by atoms with Gasteiger partial charge in [0.2, 0.25) is 5.91 Å². The summed E-state index contributed by atoms with van der Waals surface area (Å²) in [4.78, 5) is 11.7. The topological polar surface area (TPSA) is 63.5 Å². The molecular formula is C26H36N2O3. The molecule has 0 aliphatic heterocycles. The van der Waals surface area contributed by atoms with E-state index in [1.807, 2.05) is 39.0 Å². The first-order valence-electron chi connectivity index (χ1n) is 11.1. The summed E-state index contributed by atoms with van der Waals surface area (Å²) in [6.45, 7) is 11.9. The fourth-order valence-corrected chi connectivity index (χ4v) is 3.55. The lowest BCUT2D eigenvalue weighted by atomic mass is 10.1. The van der Waals surface area contributed by atoms with Gasteiger partial charge >= 0.3 is 0 Å². The number of carbonyl (C=O) groups excluding carboxylic acids is 1. The Morgan fingerprint density at radius 2 is 2.06 bits per heavy atom. The minimum Gasteiger partial charge on any atom is -0.512 e. The fraction of sp³-hybridized carbons (Fsp3) is 0.423. The fourth-order valence-electron chi connectivity index (χ4n) is 3.55. The van der Waals surface area contributed by atoms with Gasteiger partial charge in [0.15, 0.2) is 0 Å². The Labute approximate surface area is 185 Å². The second kappa shape index (κ2) is 11.4. The molecule has 0 radical (unpaired) electrons. The molecule has 1 aliphatic carbocycles. The number of aliphatic hydroxyl groups excluding tert-OH is 1. The van der Waals surface area contributed by atoms with Crippen LogP contribution in [-0.2, 0) is 9.53 Å². The first-order valence-corrected chi connectivity index (χ1v) is 11.1. The molecule has 168 valence electrons. The zero-order valence-electron chi connectivity index (χ0n) is 19.5. The molecule has 1 amide bonds. The molecule has 2 rings (SSSR count). The van der Waals surface area contributed by atoms with E-state index in [2.05, 4.69) is 28.7 Å². The van der Waals surface area contributed by atoms with Crippen LogP contribution in [-0.4, -0.2) is 22.7 Å². The average Bonchev–Trinajstić information content (AvgIpc) is 3.49. The van der Waals surface area contributed by atoms with Crippen LogP contribution < -0.4 is 15.9 Å². The molecule has 0 unspecified atom stereocenters. The van der Waals surface area contributed by atoms with Crippen LogP contribution in [0.4, 0.5) is 0 Å². The average molecular weight is 425 g/mol. The van der Waals surface area contributed by atoms with E-state index in [4.69, 9.17) is 4.74 Å². The zero-order chi connectivity index (χ0) is 23.0. The van der Waals surface area contributed by atoms with Crippen molar-refractivity contribution >= 4 is 23.6 Å². The molecule has 0 bridgehead atoms. The molecule has 1 aromatic heterocycles. The summed E-state index contributed by atoms with van der Waals surface area (Å²) in [6, 6.07) is 0.499. The lowest BCUT2D eigenvalue weighted by Gasteiger charge is -2.05. The second-order valence-electron chi connectivity index (χ2n) is 7.82. The molecule has 0 atom stereocenters. The van der Waals surface area contributed by atoms with Crippen molar-refractivity contribution in [3.8, 4) is 0 Å². The Kier molecular flexibility index (Phi) is 8.98. The maximum absolute atomic E-state index is 11.7. The van der Waals surface area contributed by atoms with Gasteiger partial charge in [0.25, 0.3) is 0 Å². The van der Waals surface area contributed by atoms with Gasteiger partial charge in [-0.05, 0) is 50.3 Å². The minimum atomic E-state index is -0.0990. The summed E-state index contributed by atoms with van der Waals surface area (Å²) in [7, 11) is 1.58. The van der Waals surface area contributed by atoms with E-state index in [1.165, 1.54) is 6.92 Å². The lowest BCUT2D eigenvalue weighted by Crippen LogP contribution is -2.31. The highest BCUT2D eigenvalue weighted by Crippen LogP contribution is 2.33. The van der Waals surface area contributed by atoms with Gasteiger partial charge in [-0.3, -0.25) is 4.79 Å². The molecule has 2 N–H and O–H groups in total. The molecule has 5 nitrogen and oxygen atoms in total. The van der Waals surface area contributed by atoms with Gasteiger partial charge in [-0.1, -0.05) is 32.6 Å². The van der Waals surface area contributed by atoms with Crippen molar-refractivity contribution in [1.82, 2.24) is 9.88 Å². The van der Waals surface area contributed by atoms with Crippen molar-refractivity contribution in [2.24, 2.45) is 0 Å². The molecule has 1 fully saturated rings. The highest BCUT2D eigenvalue weighted by Gasteiger charge is 2.25. The Balaban J connectivity index is 2.64.